The SMILES string of the molecule is CN(C)C[C@H]1CC(=O)N(c2ccc3c(c2)Cn2cc(-c4ccc(C#N)cc4)cc2-c2ncnn2-3)C1. The molecule has 0 radical (unpaired) electrons. The van der Waals surface area contributed by atoms with Crippen molar-refractivity contribution in [2.24, 2.45) is 5.92 Å². The zero-order valence-corrected chi connectivity index (χ0v) is 19.7. The summed E-state index contributed by atoms with van der Waals surface area (Å²) in [7, 11) is 4.10. The molecule has 1 saturated heterocycles. The maximum atomic E-state index is 12.8. The summed E-state index contributed by atoms with van der Waals surface area (Å²) in [5.41, 5.74) is 6.70. The highest BCUT2D eigenvalue weighted by atomic mass is 16.2. The molecule has 8 nitrogen and oxygen atoms in total. The summed E-state index contributed by atoms with van der Waals surface area (Å²) in [6.45, 7) is 2.28. The standard InChI is InChI=1S/C27H25N7O/c1-31(2)13-19-9-26(35)33(14-19)23-7-8-24-22(10-23)16-32-15-21(20-5-3-18(12-28)4-6-20)11-25(32)27-29-17-30-34(24)27/h3-8,10-11,15,17,19H,9,13-14,16H2,1-2H3/t19-/m1/s1. The number of anilines is 1. The Kier molecular flexibility index (Phi) is 5.01. The molecule has 0 aliphatic carbocycles. The fraction of sp³-hybridized carbons (Fsp3) is 0.259. The fourth-order valence-corrected chi connectivity index (χ4v) is 5.24. The van der Waals surface area contributed by atoms with Gasteiger partial charge in [-0.1, -0.05) is 12.1 Å². The van der Waals surface area contributed by atoms with Crippen molar-refractivity contribution in [3.8, 4) is 34.4 Å². The smallest absolute Gasteiger partial charge is 0.227 e. The predicted molar refractivity (Wildman–Crippen MR) is 133 cm³/mol. The second-order valence-electron chi connectivity index (χ2n) is 9.58. The summed E-state index contributed by atoms with van der Waals surface area (Å²) in [4.78, 5) is 21.4. The minimum atomic E-state index is 0.177. The number of amides is 1. The summed E-state index contributed by atoms with van der Waals surface area (Å²) in [5.74, 6) is 1.29. The Morgan fingerprint density at radius 1 is 1.11 bits per heavy atom. The summed E-state index contributed by atoms with van der Waals surface area (Å²) < 4.78 is 4.06. The van der Waals surface area contributed by atoms with Crippen molar-refractivity contribution in [3.05, 3.63) is 72.2 Å². The van der Waals surface area contributed by atoms with Gasteiger partial charge in [0.2, 0.25) is 5.91 Å². The number of carbonyl (C=O) groups excluding carboxylic acids is 1. The van der Waals surface area contributed by atoms with Crippen molar-refractivity contribution in [2.75, 3.05) is 32.1 Å². The molecule has 1 amide bonds. The van der Waals surface area contributed by atoms with Crippen LogP contribution in [-0.2, 0) is 11.3 Å². The number of rotatable bonds is 4. The van der Waals surface area contributed by atoms with E-state index < -0.39 is 0 Å². The maximum absolute atomic E-state index is 12.8. The van der Waals surface area contributed by atoms with E-state index >= 15 is 0 Å². The third-order valence-electron chi connectivity index (χ3n) is 6.79. The van der Waals surface area contributed by atoms with Crippen LogP contribution in [0.5, 0.6) is 0 Å². The normalized spacial score (nSPS) is 16.6. The molecule has 0 spiro atoms. The number of carbonyl (C=O) groups is 1. The van der Waals surface area contributed by atoms with E-state index in [0.717, 1.165) is 52.7 Å². The van der Waals surface area contributed by atoms with Crippen molar-refractivity contribution < 1.29 is 4.79 Å². The van der Waals surface area contributed by atoms with Gasteiger partial charge in [0.05, 0.1) is 23.0 Å². The number of nitriles is 1. The predicted octanol–water partition coefficient (Wildman–Crippen LogP) is 3.55. The van der Waals surface area contributed by atoms with Crippen LogP contribution in [0.1, 0.15) is 17.5 Å². The van der Waals surface area contributed by atoms with E-state index in [-0.39, 0.29) is 5.91 Å². The first-order valence-corrected chi connectivity index (χ1v) is 11.7. The highest BCUT2D eigenvalue weighted by Crippen LogP contribution is 2.35. The Morgan fingerprint density at radius 2 is 1.94 bits per heavy atom. The van der Waals surface area contributed by atoms with Crippen molar-refractivity contribution in [1.29, 1.82) is 5.26 Å². The molecule has 6 rings (SSSR count). The molecule has 174 valence electrons. The van der Waals surface area contributed by atoms with E-state index in [1.54, 1.807) is 6.33 Å². The van der Waals surface area contributed by atoms with Crippen LogP contribution in [0.3, 0.4) is 0 Å². The van der Waals surface area contributed by atoms with Crippen LogP contribution < -0.4 is 4.90 Å². The molecule has 1 fully saturated rings. The Balaban J connectivity index is 1.38. The van der Waals surface area contributed by atoms with Gasteiger partial charge in [-0.2, -0.15) is 10.4 Å². The number of fused-ring (bicyclic) bond motifs is 5. The van der Waals surface area contributed by atoms with Crippen LogP contribution in [0, 0.1) is 17.2 Å². The molecule has 2 aliphatic heterocycles. The lowest BCUT2D eigenvalue weighted by Crippen LogP contribution is -2.27. The van der Waals surface area contributed by atoms with Crippen molar-refractivity contribution >= 4 is 11.6 Å². The Labute approximate surface area is 203 Å². The molecule has 4 aromatic rings. The van der Waals surface area contributed by atoms with Crippen molar-refractivity contribution in [3.63, 3.8) is 0 Å². The number of hydrogen-bond acceptors (Lipinski definition) is 5. The minimum Gasteiger partial charge on any atom is -0.340 e. The van der Waals surface area contributed by atoms with Crippen LogP contribution in [-0.4, -0.2) is 57.3 Å². The highest BCUT2D eigenvalue weighted by Gasteiger charge is 2.32. The van der Waals surface area contributed by atoms with E-state index in [2.05, 4.69) is 43.9 Å². The van der Waals surface area contributed by atoms with Gasteiger partial charge in [-0.25, -0.2) is 9.67 Å². The average molecular weight is 464 g/mol. The number of nitrogens with zero attached hydrogens (tertiary/aromatic N) is 7. The Bertz CT molecular complexity index is 1470. The molecule has 35 heavy (non-hydrogen) atoms. The number of hydrogen-bond donors (Lipinski definition) is 0. The van der Waals surface area contributed by atoms with Gasteiger partial charge in [0.1, 0.15) is 6.33 Å². The molecule has 0 N–H and O–H groups in total. The molecule has 2 aliphatic rings. The summed E-state index contributed by atoms with van der Waals surface area (Å²) in [5, 5.41) is 13.6. The first-order chi connectivity index (χ1) is 17.0. The van der Waals surface area contributed by atoms with Gasteiger partial charge in [0.25, 0.3) is 0 Å². The molecule has 1 atom stereocenters. The lowest BCUT2D eigenvalue weighted by atomic mass is 10.1. The molecular weight excluding hydrogens is 438 g/mol. The number of aromatic nitrogens is 4. The van der Waals surface area contributed by atoms with E-state index in [4.69, 9.17) is 5.26 Å². The first-order valence-electron chi connectivity index (χ1n) is 11.7. The van der Waals surface area contributed by atoms with E-state index in [1.165, 1.54) is 0 Å². The maximum Gasteiger partial charge on any atom is 0.227 e. The summed E-state index contributed by atoms with van der Waals surface area (Å²) >= 11 is 0. The zero-order valence-electron chi connectivity index (χ0n) is 19.7. The Hall–Kier alpha value is -4.22. The summed E-state index contributed by atoms with van der Waals surface area (Å²) in [6.07, 6.45) is 4.27. The first kappa shape index (κ1) is 21.3. The lowest BCUT2D eigenvalue weighted by molar-refractivity contribution is -0.117. The molecule has 2 aromatic heterocycles. The van der Waals surface area contributed by atoms with Crippen LogP contribution in [0.25, 0.3) is 28.3 Å². The fourth-order valence-electron chi connectivity index (χ4n) is 5.24. The largest absolute Gasteiger partial charge is 0.340 e. The summed E-state index contributed by atoms with van der Waals surface area (Å²) in [6, 6.07) is 18.1. The topological polar surface area (TPSA) is 83.0 Å². The van der Waals surface area contributed by atoms with Gasteiger partial charge in [-0.3, -0.25) is 4.79 Å². The van der Waals surface area contributed by atoms with Gasteiger partial charge >= 0.3 is 0 Å². The second-order valence-corrected chi connectivity index (χ2v) is 9.58. The van der Waals surface area contributed by atoms with Gasteiger partial charge in [0.15, 0.2) is 5.82 Å². The van der Waals surface area contributed by atoms with E-state index in [9.17, 15) is 4.79 Å². The van der Waals surface area contributed by atoms with Gasteiger partial charge in [0, 0.05) is 43.5 Å². The molecule has 2 aromatic carbocycles. The van der Waals surface area contributed by atoms with Crippen molar-refractivity contribution in [1.82, 2.24) is 24.2 Å². The van der Waals surface area contributed by atoms with E-state index in [1.807, 2.05) is 60.1 Å². The second kappa shape index (κ2) is 8.22. The van der Waals surface area contributed by atoms with Crippen LogP contribution in [0.4, 0.5) is 5.69 Å². The van der Waals surface area contributed by atoms with Crippen LogP contribution in [0.15, 0.2) is 61.1 Å². The molecule has 8 heteroatoms. The molecular formula is C27H25N7O. The molecule has 4 heterocycles. The van der Waals surface area contributed by atoms with Crippen LogP contribution >= 0.6 is 0 Å². The third-order valence-corrected chi connectivity index (χ3v) is 6.79. The van der Waals surface area contributed by atoms with Gasteiger partial charge in [-0.15, -0.1) is 0 Å². The highest BCUT2D eigenvalue weighted by molar-refractivity contribution is 5.96. The number of benzene rings is 2. The minimum absolute atomic E-state index is 0.177. The molecule has 0 saturated carbocycles. The van der Waals surface area contributed by atoms with Crippen LogP contribution in [0.2, 0.25) is 0 Å². The Morgan fingerprint density at radius 3 is 2.71 bits per heavy atom. The molecule has 0 bridgehead atoms. The van der Waals surface area contributed by atoms with Gasteiger partial charge in [-0.05, 0) is 67.5 Å². The quantitative estimate of drug-likeness (QED) is 0.407. The molecule has 0 unspecified atom stereocenters. The lowest BCUT2D eigenvalue weighted by Gasteiger charge is -2.20. The van der Waals surface area contributed by atoms with Crippen molar-refractivity contribution in [2.45, 2.75) is 13.0 Å². The average Bonchev–Trinajstić information content (AvgIpc) is 3.56. The monoisotopic (exact) mass is 463 g/mol. The van der Waals surface area contributed by atoms with E-state index in [0.29, 0.717) is 24.4 Å². The van der Waals surface area contributed by atoms with Gasteiger partial charge < -0.3 is 14.4 Å². The third kappa shape index (κ3) is 3.70. The zero-order chi connectivity index (χ0) is 24.1.